The lowest BCUT2D eigenvalue weighted by Gasteiger charge is -2.06. The van der Waals surface area contributed by atoms with E-state index in [0.717, 1.165) is 19.5 Å². The van der Waals surface area contributed by atoms with Crippen molar-refractivity contribution in [3.8, 4) is 0 Å². The molecule has 0 aromatic heterocycles. The fourth-order valence-corrected chi connectivity index (χ4v) is 1.05. The fourth-order valence-electron chi connectivity index (χ4n) is 1.05. The van der Waals surface area contributed by atoms with Gasteiger partial charge in [0.05, 0.1) is 7.11 Å². The normalized spacial score (nSPS) is 26.1. The maximum absolute atomic E-state index is 7.27. The number of rotatable bonds is 1. The van der Waals surface area contributed by atoms with Gasteiger partial charge in [-0.1, -0.05) is 0 Å². The molecule has 0 bridgehead atoms. The second-order valence-corrected chi connectivity index (χ2v) is 2.26. The van der Waals surface area contributed by atoms with E-state index >= 15 is 0 Å². The summed E-state index contributed by atoms with van der Waals surface area (Å²) >= 11 is 0. The van der Waals surface area contributed by atoms with Gasteiger partial charge >= 0.3 is 0 Å². The van der Waals surface area contributed by atoms with Crippen molar-refractivity contribution in [2.45, 2.75) is 6.42 Å². The van der Waals surface area contributed by atoms with E-state index < -0.39 is 0 Å². The Bertz CT molecular complexity index is 108. The molecule has 3 heteroatoms. The fraction of sp³-hybridized carbons (Fsp3) is 0.833. The van der Waals surface area contributed by atoms with Crippen LogP contribution in [-0.2, 0) is 4.74 Å². The zero-order valence-corrected chi connectivity index (χ0v) is 5.61. The van der Waals surface area contributed by atoms with Gasteiger partial charge in [-0.2, -0.15) is 0 Å². The lowest BCUT2D eigenvalue weighted by Crippen LogP contribution is -2.17. The molecule has 1 aliphatic rings. The minimum Gasteiger partial charge on any atom is -0.484 e. The molecule has 1 atom stereocenters. The molecule has 0 aliphatic carbocycles. The summed E-state index contributed by atoms with van der Waals surface area (Å²) in [6.07, 6.45) is 1.05. The number of hydrogen-bond acceptors (Lipinski definition) is 3. The van der Waals surface area contributed by atoms with E-state index in [1.807, 2.05) is 0 Å². The highest BCUT2D eigenvalue weighted by Gasteiger charge is 2.19. The van der Waals surface area contributed by atoms with Crippen molar-refractivity contribution >= 4 is 5.90 Å². The predicted molar refractivity (Wildman–Crippen MR) is 35.7 cm³/mol. The number of nitrogens with one attached hydrogen (secondary N) is 2. The first-order valence-corrected chi connectivity index (χ1v) is 3.17. The summed E-state index contributed by atoms with van der Waals surface area (Å²) in [7, 11) is 1.56. The minimum atomic E-state index is 0.329. The molecule has 0 radical (unpaired) electrons. The summed E-state index contributed by atoms with van der Waals surface area (Å²) in [6.45, 7) is 1.93. The van der Waals surface area contributed by atoms with Gasteiger partial charge in [-0.15, -0.1) is 0 Å². The van der Waals surface area contributed by atoms with E-state index in [0.29, 0.717) is 11.8 Å². The van der Waals surface area contributed by atoms with Gasteiger partial charge in [0.15, 0.2) is 5.90 Å². The molecule has 0 spiro atoms. The standard InChI is InChI=1S/C6H12N2O/c1-9-6(7)5-2-3-8-4-5/h5,7-8H,2-4H2,1H3. The molecular weight excluding hydrogens is 116 g/mol. The van der Waals surface area contributed by atoms with Crippen molar-refractivity contribution in [2.75, 3.05) is 20.2 Å². The topological polar surface area (TPSA) is 45.1 Å². The molecule has 0 saturated carbocycles. The average molecular weight is 128 g/mol. The van der Waals surface area contributed by atoms with Gasteiger partial charge in [0.1, 0.15) is 0 Å². The summed E-state index contributed by atoms with van der Waals surface area (Å²) in [5, 5.41) is 10.4. The summed E-state index contributed by atoms with van der Waals surface area (Å²) in [5.74, 6) is 0.745. The molecule has 2 N–H and O–H groups in total. The lowest BCUT2D eigenvalue weighted by atomic mass is 10.1. The maximum Gasteiger partial charge on any atom is 0.184 e. The zero-order valence-electron chi connectivity index (χ0n) is 5.61. The Balaban J connectivity index is 2.32. The molecule has 0 amide bonds. The SMILES string of the molecule is COC(=N)C1CCNC1. The van der Waals surface area contributed by atoms with Crippen LogP contribution in [0.25, 0.3) is 0 Å². The largest absolute Gasteiger partial charge is 0.484 e. The molecule has 0 aromatic carbocycles. The third kappa shape index (κ3) is 1.42. The van der Waals surface area contributed by atoms with E-state index in [1.54, 1.807) is 7.11 Å². The average Bonchev–Trinajstić information content (AvgIpc) is 2.37. The van der Waals surface area contributed by atoms with Gasteiger partial charge in [-0.3, -0.25) is 5.41 Å². The van der Waals surface area contributed by atoms with Crippen LogP contribution in [-0.4, -0.2) is 26.1 Å². The van der Waals surface area contributed by atoms with E-state index in [4.69, 9.17) is 10.1 Å². The highest BCUT2D eigenvalue weighted by molar-refractivity contribution is 5.75. The molecule has 1 saturated heterocycles. The molecule has 1 heterocycles. The van der Waals surface area contributed by atoms with Gasteiger partial charge in [0.25, 0.3) is 0 Å². The van der Waals surface area contributed by atoms with Crippen LogP contribution in [0.5, 0.6) is 0 Å². The summed E-state index contributed by atoms with van der Waals surface area (Å²) < 4.78 is 4.78. The molecule has 3 nitrogen and oxygen atoms in total. The first-order chi connectivity index (χ1) is 4.34. The van der Waals surface area contributed by atoms with Gasteiger partial charge in [0.2, 0.25) is 0 Å². The highest BCUT2D eigenvalue weighted by atomic mass is 16.5. The molecule has 1 fully saturated rings. The molecule has 1 unspecified atom stereocenters. The number of ether oxygens (including phenoxy) is 1. The summed E-state index contributed by atoms with van der Waals surface area (Å²) in [4.78, 5) is 0. The second kappa shape index (κ2) is 2.82. The summed E-state index contributed by atoms with van der Waals surface area (Å²) in [5.41, 5.74) is 0. The van der Waals surface area contributed by atoms with Crippen molar-refractivity contribution in [2.24, 2.45) is 5.92 Å². The van der Waals surface area contributed by atoms with Crippen LogP contribution < -0.4 is 5.32 Å². The van der Waals surface area contributed by atoms with Gasteiger partial charge in [-0.05, 0) is 13.0 Å². The summed E-state index contributed by atoms with van der Waals surface area (Å²) in [6, 6.07) is 0. The van der Waals surface area contributed by atoms with Crippen LogP contribution in [0.4, 0.5) is 0 Å². The quantitative estimate of drug-likeness (QED) is 0.392. The van der Waals surface area contributed by atoms with Gasteiger partial charge in [-0.25, -0.2) is 0 Å². The Kier molecular flexibility index (Phi) is 2.05. The minimum absolute atomic E-state index is 0.329. The zero-order chi connectivity index (χ0) is 6.69. The van der Waals surface area contributed by atoms with Crippen LogP contribution in [0.15, 0.2) is 0 Å². The van der Waals surface area contributed by atoms with Gasteiger partial charge in [0, 0.05) is 12.5 Å². The Morgan fingerprint density at radius 2 is 2.56 bits per heavy atom. The predicted octanol–water partition coefficient (Wildman–Crippen LogP) is 0.220. The number of methoxy groups -OCH3 is 1. The van der Waals surface area contributed by atoms with Crippen molar-refractivity contribution in [1.82, 2.24) is 5.32 Å². The van der Waals surface area contributed by atoms with Crippen molar-refractivity contribution < 1.29 is 4.74 Å². The molecule has 52 valence electrons. The number of hydrogen-bond donors (Lipinski definition) is 2. The first kappa shape index (κ1) is 6.55. The Labute approximate surface area is 54.9 Å². The van der Waals surface area contributed by atoms with Gasteiger partial charge < -0.3 is 10.1 Å². The Morgan fingerprint density at radius 1 is 1.78 bits per heavy atom. The first-order valence-electron chi connectivity index (χ1n) is 3.17. The van der Waals surface area contributed by atoms with Crippen molar-refractivity contribution in [3.63, 3.8) is 0 Å². The molecule has 0 aromatic rings. The van der Waals surface area contributed by atoms with Crippen molar-refractivity contribution in [1.29, 1.82) is 5.41 Å². The molecule has 1 aliphatic heterocycles. The van der Waals surface area contributed by atoms with E-state index in [-0.39, 0.29) is 0 Å². The van der Waals surface area contributed by atoms with Crippen LogP contribution in [0.1, 0.15) is 6.42 Å². The Morgan fingerprint density at radius 3 is 3.00 bits per heavy atom. The third-order valence-corrected chi connectivity index (χ3v) is 1.65. The van der Waals surface area contributed by atoms with Crippen LogP contribution in [0, 0.1) is 11.3 Å². The maximum atomic E-state index is 7.27. The van der Waals surface area contributed by atoms with E-state index in [1.165, 1.54) is 0 Å². The smallest absolute Gasteiger partial charge is 0.184 e. The van der Waals surface area contributed by atoms with Crippen LogP contribution in [0.3, 0.4) is 0 Å². The van der Waals surface area contributed by atoms with Crippen molar-refractivity contribution in [3.05, 3.63) is 0 Å². The Hall–Kier alpha value is -0.570. The second-order valence-electron chi connectivity index (χ2n) is 2.26. The monoisotopic (exact) mass is 128 g/mol. The van der Waals surface area contributed by atoms with E-state index in [9.17, 15) is 0 Å². The van der Waals surface area contributed by atoms with E-state index in [2.05, 4.69) is 5.32 Å². The lowest BCUT2D eigenvalue weighted by molar-refractivity contribution is 0.365. The third-order valence-electron chi connectivity index (χ3n) is 1.65. The molecule has 9 heavy (non-hydrogen) atoms. The molecule has 1 rings (SSSR count). The highest BCUT2D eigenvalue weighted by Crippen LogP contribution is 2.08. The van der Waals surface area contributed by atoms with Crippen LogP contribution in [0.2, 0.25) is 0 Å². The molecular formula is C6H12N2O. The van der Waals surface area contributed by atoms with Crippen LogP contribution >= 0.6 is 0 Å².